The maximum absolute atomic E-state index is 12.3. The SMILES string of the molecule is Cc1c(-c2ccc(Cl)cc2)[nH]c2ccccc2c1=O. The molecule has 0 saturated heterocycles. The first-order valence-corrected chi connectivity index (χ1v) is 6.42. The van der Waals surface area contributed by atoms with E-state index in [1.165, 1.54) is 0 Å². The van der Waals surface area contributed by atoms with Crippen LogP contribution in [0.1, 0.15) is 5.56 Å². The first-order valence-electron chi connectivity index (χ1n) is 6.04. The maximum Gasteiger partial charge on any atom is 0.192 e. The van der Waals surface area contributed by atoms with E-state index in [1.54, 1.807) is 0 Å². The van der Waals surface area contributed by atoms with Gasteiger partial charge in [0.25, 0.3) is 0 Å². The molecule has 1 N–H and O–H groups in total. The van der Waals surface area contributed by atoms with Crippen molar-refractivity contribution in [3.8, 4) is 11.3 Å². The van der Waals surface area contributed by atoms with Crippen LogP contribution in [0.2, 0.25) is 5.02 Å². The predicted octanol–water partition coefficient (Wildman–Crippen LogP) is 4.16. The monoisotopic (exact) mass is 269 g/mol. The van der Waals surface area contributed by atoms with Crippen LogP contribution in [0.25, 0.3) is 22.2 Å². The molecular formula is C16H12ClNO. The lowest BCUT2D eigenvalue weighted by Gasteiger charge is -2.08. The Balaban J connectivity index is 2.33. The van der Waals surface area contributed by atoms with Crippen LogP contribution in [0.15, 0.2) is 53.3 Å². The molecule has 0 aliphatic rings. The van der Waals surface area contributed by atoms with Gasteiger partial charge in [0.05, 0.1) is 5.69 Å². The van der Waals surface area contributed by atoms with Crippen LogP contribution < -0.4 is 5.43 Å². The molecular weight excluding hydrogens is 258 g/mol. The van der Waals surface area contributed by atoms with Crippen molar-refractivity contribution in [2.75, 3.05) is 0 Å². The topological polar surface area (TPSA) is 32.9 Å². The number of hydrogen-bond acceptors (Lipinski definition) is 1. The molecule has 3 heteroatoms. The van der Waals surface area contributed by atoms with Gasteiger partial charge in [-0.2, -0.15) is 0 Å². The average Bonchev–Trinajstić information content (AvgIpc) is 2.44. The highest BCUT2D eigenvalue weighted by molar-refractivity contribution is 6.30. The van der Waals surface area contributed by atoms with Crippen LogP contribution in [-0.2, 0) is 0 Å². The Morgan fingerprint density at radius 1 is 1.00 bits per heavy atom. The minimum atomic E-state index is 0.0688. The second kappa shape index (κ2) is 4.56. The summed E-state index contributed by atoms with van der Waals surface area (Å²) in [5, 5.41) is 1.40. The van der Waals surface area contributed by atoms with E-state index in [2.05, 4.69) is 4.98 Å². The molecule has 2 nitrogen and oxygen atoms in total. The lowest BCUT2D eigenvalue weighted by atomic mass is 10.0. The van der Waals surface area contributed by atoms with E-state index in [1.807, 2.05) is 55.5 Å². The molecule has 0 spiro atoms. The number of rotatable bonds is 1. The number of nitrogens with one attached hydrogen (secondary N) is 1. The number of H-pyrrole nitrogens is 1. The Labute approximate surface area is 115 Å². The fourth-order valence-corrected chi connectivity index (χ4v) is 2.37. The minimum absolute atomic E-state index is 0.0688. The summed E-state index contributed by atoms with van der Waals surface area (Å²) in [6.45, 7) is 1.84. The smallest absolute Gasteiger partial charge is 0.192 e. The Morgan fingerprint density at radius 3 is 2.42 bits per heavy atom. The summed E-state index contributed by atoms with van der Waals surface area (Å²) in [5.74, 6) is 0. The van der Waals surface area contributed by atoms with Gasteiger partial charge in [-0.1, -0.05) is 35.9 Å². The van der Waals surface area contributed by atoms with Crippen molar-refractivity contribution < 1.29 is 0 Å². The van der Waals surface area contributed by atoms with Crippen molar-refractivity contribution in [2.45, 2.75) is 6.92 Å². The fraction of sp³-hybridized carbons (Fsp3) is 0.0625. The van der Waals surface area contributed by atoms with Crippen LogP contribution in [0, 0.1) is 6.92 Å². The molecule has 0 radical (unpaired) electrons. The largest absolute Gasteiger partial charge is 0.354 e. The Hall–Kier alpha value is -2.06. The minimum Gasteiger partial charge on any atom is -0.354 e. The summed E-state index contributed by atoms with van der Waals surface area (Å²) in [6, 6.07) is 15.0. The van der Waals surface area contributed by atoms with Gasteiger partial charge in [-0.15, -0.1) is 0 Å². The maximum atomic E-state index is 12.3. The number of pyridine rings is 1. The summed E-state index contributed by atoms with van der Waals surface area (Å²) < 4.78 is 0. The van der Waals surface area contributed by atoms with Gasteiger partial charge < -0.3 is 4.98 Å². The van der Waals surface area contributed by atoms with Crippen LogP contribution in [-0.4, -0.2) is 4.98 Å². The van der Waals surface area contributed by atoms with E-state index in [9.17, 15) is 4.79 Å². The number of hydrogen-bond donors (Lipinski definition) is 1. The summed E-state index contributed by atoms with van der Waals surface area (Å²) in [6.07, 6.45) is 0. The molecule has 94 valence electrons. The lowest BCUT2D eigenvalue weighted by molar-refractivity contribution is 1.30. The van der Waals surface area contributed by atoms with Gasteiger partial charge >= 0.3 is 0 Å². The molecule has 3 rings (SSSR count). The third-order valence-electron chi connectivity index (χ3n) is 3.28. The molecule has 0 saturated carbocycles. The van der Waals surface area contributed by atoms with E-state index < -0.39 is 0 Å². The predicted molar refractivity (Wildman–Crippen MR) is 79.8 cm³/mol. The van der Waals surface area contributed by atoms with Gasteiger partial charge in [-0.3, -0.25) is 4.79 Å². The second-order valence-corrected chi connectivity index (χ2v) is 4.94. The lowest BCUT2D eigenvalue weighted by Crippen LogP contribution is -2.09. The third kappa shape index (κ3) is 2.04. The van der Waals surface area contributed by atoms with Gasteiger partial charge in [-0.05, 0) is 36.8 Å². The van der Waals surface area contributed by atoms with Gasteiger partial charge in [-0.25, -0.2) is 0 Å². The number of halogens is 1. The zero-order valence-electron chi connectivity index (χ0n) is 10.4. The molecule has 0 amide bonds. The van der Waals surface area contributed by atoms with Crippen LogP contribution in [0.4, 0.5) is 0 Å². The molecule has 0 unspecified atom stereocenters. The standard InChI is InChI=1S/C16H12ClNO/c1-10-15(11-6-8-12(17)9-7-11)18-14-5-3-2-4-13(14)16(10)19/h2-9H,1H3,(H,18,19). The number of para-hydroxylation sites is 1. The number of aromatic amines is 1. The summed E-state index contributed by atoms with van der Waals surface area (Å²) in [5.41, 5.74) is 3.45. The number of aromatic nitrogens is 1. The Bertz CT molecular complexity index is 803. The first kappa shape index (κ1) is 12.0. The van der Waals surface area contributed by atoms with E-state index in [-0.39, 0.29) is 5.43 Å². The summed E-state index contributed by atoms with van der Waals surface area (Å²) in [7, 11) is 0. The average molecular weight is 270 g/mol. The molecule has 19 heavy (non-hydrogen) atoms. The molecule has 2 aromatic carbocycles. The molecule has 0 fully saturated rings. The summed E-state index contributed by atoms with van der Waals surface area (Å²) >= 11 is 5.89. The van der Waals surface area contributed by atoms with Crippen molar-refractivity contribution in [1.29, 1.82) is 0 Å². The zero-order chi connectivity index (χ0) is 13.4. The van der Waals surface area contributed by atoms with Crippen LogP contribution >= 0.6 is 11.6 Å². The highest BCUT2D eigenvalue weighted by Gasteiger charge is 2.09. The third-order valence-corrected chi connectivity index (χ3v) is 3.53. The normalized spacial score (nSPS) is 10.8. The first-order chi connectivity index (χ1) is 9.16. The molecule has 0 bridgehead atoms. The summed E-state index contributed by atoms with van der Waals surface area (Å²) in [4.78, 5) is 15.7. The number of benzene rings is 2. The quantitative estimate of drug-likeness (QED) is 0.707. The van der Waals surface area contributed by atoms with Gasteiger partial charge in [0.2, 0.25) is 0 Å². The fourth-order valence-electron chi connectivity index (χ4n) is 2.24. The van der Waals surface area contributed by atoms with E-state index >= 15 is 0 Å². The molecule has 0 aliphatic carbocycles. The Kier molecular flexibility index (Phi) is 2.88. The van der Waals surface area contributed by atoms with Crippen molar-refractivity contribution >= 4 is 22.5 Å². The van der Waals surface area contributed by atoms with E-state index in [4.69, 9.17) is 11.6 Å². The van der Waals surface area contributed by atoms with Crippen molar-refractivity contribution in [1.82, 2.24) is 4.98 Å². The van der Waals surface area contributed by atoms with E-state index in [0.29, 0.717) is 5.02 Å². The number of fused-ring (bicyclic) bond motifs is 1. The molecule has 1 aromatic heterocycles. The van der Waals surface area contributed by atoms with Gasteiger partial charge in [0.15, 0.2) is 5.43 Å². The molecule has 3 aromatic rings. The van der Waals surface area contributed by atoms with Crippen molar-refractivity contribution in [2.24, 2.45) is 0 Å². The van der Waals surface area contributed by atoms with Gasteiger partial charge in [0, 0.05) is 21.5 Å². The van der Waals surface area contributed by atoms with E-state index in [0.717, 1.165) is 27.7 Å². The van der Waals surface area contributed by atoms with Crippen molar-refractivity contribution in [3.05, 3.63) is 69.3 Å². The van der Waals surface area contributed by atoms with Gasteiger partial charge in [0.1, 0.15) is 0 Å². The highest BCUT2D eigenvalue weighted by atomic mass is 35.5. The Morgan fingerprint density at radius 2 is 1.68 bits per heavy atom. The molecule has 0 aliphatic heterocycles. The molecule has 0 atom stereocenters. The highest BCUT2D eigenvalue weighted by Crippen LogP contribution is 2.23. The zero-order valence-corrected chi connectivity index (χ0v) is 11.2. The molecule has 1 heterocycles. The van der Waals surface area contributed by atoms with Crippen LogP contribution in [0.3, 0.4) is 0 Å². The van der Waals surface area contributed by atoms with Crippen molar-refractivity contribution in [3.63, 3.8) is 0 Å². The second-order valence-electron chi connectivity index (χ2n) is 4.51. The van der Waals surface area contributed by atoms with Crippen LogP contribution in [0.5, 0.6) is 0 Å².